The van der Waals surface area contributed by atoms with E-state index in [1.54, 1.807) is 62.6 Å². The number of nitrogens with one attached hydrogen (secondary N) is 1. The Morgan fingerprint density at radius 2 is 1.73 bits per heavy atom. The number of nitrogens with zero attached hydrogens (tertiary/aromatic N) is 2. The molecule has 3 aromatic carbocycles. The normalized spacial score (nSPS) is 19.0. The molecule has 3 amide bonds. The Bertz CT molecular complexity index is 1810. The molecule has 0 radical (unpaired) electrons. The number of imide groups is 1. The van der Waals surface area contributed by atoms with Gasteiger partial charge in [-0.25, -0.2) is 4.90 Å². The molecule has 44 heavy (non-hydrogen) atoms. The number of ether oxygens (including phenoxy) is 2. The first-order valence-electron chi connectivity index (χ1n) is 13.9. The van der Waals surface area contributed by atoms with E-state index in [0.717, 1.165) is 28.7 Å². The second kappa shape index (κ2) is 11.9. The van der Waals surface area contributed by atoms with E-state index in [0.29, 0.717) is 39.2 Å². The molecule has 4 aromatic rings. The Morgan fingerprint density at radius 3 is 2.41 bits per heavy atom. The summed E-state index contributed by atoms with van der Waals surface area (Å²) in [5, 5.41) is 12.8. The van der Waals surface area contributed by atoms with Crippen molar-refractivity contribution in [2.45, 2.75) is 36.6 Å². The summed E-state index contributed by atoms with van der Waals surface area (Å²) in [6.07, 6.45) is 0. The zero-order valence-electron chi connectivity index (χ0n) is 24.1. The Kier molecular flexibility index (Phi) is 7.95. The number of hydrogen-bond acceptors (Lipinski definition) is 9. The van der Waals surface area contributed by atoms with Crippen molar-refractivity contribution in [1.82, 2.24) is 4.57 Å². The summed E-state index contributed by atoms with van der Waals surface area (Å²) in [5.74, 6) is -1.88. The molecule has 3 atom stereocenters. The number of carbonyl (C=O) groups is 3. The average Bonchev–Trinajstić information content (AvgIpc) is 3.45. The third-order valence-electron chi connectivity index (χ3n) is 7.66. The summed E-state index contributed by atoms with van der Waals surface area (Å²) in [4.78, 5) is 55.9. The largest absolute Gasteiger partial charge is 0.504 e. The van der Waals surface area contributed by atoms with E-state index in [2.05, 4.69) is 5.32 Å². The summed E-state index contributed by atoms with van der Waals surface area (Å²) < 4.78 is 12.2. The van der Waals surface area contributed by atoms with Gasteiger partial charge in [-0.2, -0.15) is 0 Å². The maximum absolute atomic E-state index is 14.1. The van der Waals surface area contributed by atoms with Crippen LogP contribution < -0.4 is 24.6 Å². The van der Waals surface area contributed by atoms with Crippen LogP contribution in [0, 0.1) is 12.8 Å². The molecule has 2 unspecified atom stereocenters. The molecule has 0 saturated carbocycles. The molecule has 0 spiro atoms. The first kappa shape index (κ1) is 29.5. The van der Waals surface area contributed by atoms with Crippen LogP contribution in [0.5, 0.6) is 17.2 Å². The Labute approximate surface area is 261 Å². The van der Waals surface area contributed by atoms with Crippen molar-refractivity contribution in [3.63, 3.8) is 0 Å². The van der Waals surface area contributed by atoms with Crippen molar-refractivity contribution in [3.05, 3.63) is 92.4 Å². The first-order chi connectivity index (χ1) is 21.2. The van der Waals surface area contributed by atoms with Gasteiger partial charge in [0.1, 0.15) is 17.5 Å². The van der Waals surface area contributed by atoms with Crippen molar-refractivity contribution >= 4 is 52.2 Å². The number of thioether (sulfide) groups is 1. The van der Waals surface area contributed by atoms with Gasteiger partial charge in [0.05, 0.1) is 30.3 Å². The summed E-state index contributed by atoms with van der Waals surface area (Å²) in [7, 11) is 1.55. The van der Waals surface area contributed by atoms with Crippen LogP contribution in [-0.4, -0.2) is 46.4 Å². The number of carbonyl (C=O) groups excluding carboxylic acids is 3. The van der Waals surface area contributed by atoms with Crippen molar-refractivity contribution in [2.75, 3.05) is 23.9 Å². The Balaban J connectivity index is 1.41. The number of anilines is 2. The van der Waals surface area contributed by atoms with Crippen LogP contribution in [0.4, 0.5) is 11.4 Å². The van der Waals surface area contributed by atoms with Gasteiger partial charge in [0.25, 0.3) is 0 Å². The lowest BCUT2D eigenvalue weighted by atomic mass is 9.83. The van der Waals surface area contributed by atoms with Gasteiger partial charge >= 0.3 is 4.87 Å². The van der Waals surface area contributed by atoms with Gasteiger partial charge in [-0.1, -0.05) is 46.9 Å². The number of fused-ring (bicyclic) bond motifs is 2. The van der Waals surface area contributed by atoms with Crippen LogP contribution in [0.25, 0.3) is 0 Å². The molecule has 12 heteroatoms. The molecule has 6 rings (SSSR count). The van der Waals surface area contributed by atoms with Crippen LogP contribution in [-0.2, 0) is 20.9 Å². The zero-order valence-corrected chi connectivity index (χ0v) is 25.7. The highest BCUT2D eigenvalue weighted by Gasteiger charge is 2.57. The molecule has 1 saturated heterocycles. The van der Waals surface area contributed by atoms with Crippen molar-refractivity contribution < 1.29 is 29.0 Å². The number of thiazole rings is 1. The van der Waals surface area contributed by atoms with E-state index >= 15 is 0 Å². The molecule has 0 bridgehead atoms. The van der Waals surface area contributed by atoms with Crippen LogP contribution in [0.1, 0.15) is 28.8 Å². The van der Waals surface area contributed by atoms with Gasteiger partial charge in [-0.3, -0.25) is 23.7 Å². The van der Waals surface area contributed by atoms with Gasteiger partial charge in [0.2, 0.25) is 17.7 Å². The number of rotatable bonds is 8. The minimum absolute atomic E-state index is 0.0615. The van der Waals surface area contributed by atoms with E-state index in [1.807, 2.05) is 19.1 Å². The lowest BCUT2D eigenvalue weighted by Crippen LogP contribution is -2.33. The minimum Gasteiger partial charge on any atom is -0.504 e. The molecule has 226 valence electrons. The molecule has 2 aliphatic heterocycles. The molecule has 10 nitrogen and oxygen atoms in total. The number of phenols is 1. The molecule has 2 aliphatic rings. The highest BCUT2D eigenvalue weighted by Crippen LogP contribution is 2.54. The fourth-order valence-corrected chi connectivity index (χ4v) is 8.35. The maximum Gasteiger partial charge on any atom is 0.308 e. The van der Waals surface area contributed by atoms with Crippen molar-refractivity contribution in [1.29, 1.82) is 0 Å². The van der Waals surface area contributed by atoms with Gasteiger partial charge in [0, 0.05) is 16.5 Å². The molecule has 1 fully saturated rings. The molecule has 3 heterocycles. The minimum atomic E-state index is -0.837. The second-order valence-electron chi connectivity index (χ2n) is 10.4. The molecule has 2 N–H and O–H groups in total. The SMILES string of the molecule is CCOc1cc([C@@H]2c3sc(=O)n(CC(=O)Nc4ccc(OC)cc4)c3SC3C(=O)N(c4ccc(C)cc4)C(=O)C32)ccc1O. The average molecular weight is 632 g/mol. The van der Waals surface area contributed by atoms with Gasteiger partial charge in [-0.15, -0.1) is 0 Å². The third kappa shape index (κ3) is 5.24. The smallest absolute Gasteiger partial charge is 0.308 e. The number of phenolic OH excluding ortho intramolecular Hbond substituents is 1. The Hall–Kier alpha value is -4.55. The van der Waals surface area contributed by atoms with E-state index < -0.39 is 23.0 Å². The highest BCUT2D eigenvalue weighted by atomic mass is 32.2. The van der Waals surface area contributed by atoms with E-state index in [9.17, 15) is 24.3 Å². The number of hydrogen-bond donors (Lipinski definition) is 2. The highest BCUT2D eigenvalue weighted by molar-refractivity contribution is 8.00. The monoisotopic (exact) mass is 631 g/mol. The first-order valence-corrected chi connectivity index (χ1v) is 15.6. The summed E-state index contributed by atoms with van der Waals surface area (Å²) in [5.41, 5.74) is 2.62. The van der Waals surface area contributed by atoms with Crippen LogP contribution in [0.3, 0.4) is 0 Å². The fourth-order valence-electron chi connectivity index (χ4n) is 5.58. The number of benzene rings is 3. The zero-order chi connectivity index (χ0) is 31.1. The lowest BCUT2D eigenvalue weighted by Gasteiger charge is -2.31. The van der Waals surface area contributed by atoms with Crippen molar-refractivity contribution in [2.24, 2.45) is 5.92 Å². The number of aryl methyl sites for hydroxylation is 1. The molecule has 0 aliphatic carbocycles. The number of aromatic hydroxyl groups is 1. The lowest BCUT2D eigenvalue weighted by molar-refractivity contribution is -0.122. The van der Waals surface area contributed by atoms with E-state index in [-0.39, 0.29) is 34.7 Å². The summed E-state index contributed by atoms with van der Waals surface area (Å²) in [6.45, 7) is 3.74. The van der Waals surface area contributed by atoms with Crippen LogP contribution in [0.15, 0.2) is 76.6 Å². The predicted octanol–water partition coefficient (Wildman–Crippen LogP) is 4.77. The van der Waals surface area contributed by atoms with Gasteiger partial charge in [-0.05, 0) is 67.9 Å². The topological polar surface area (TPSA) is 127 Å². The third-order valence-corrected chi connectivity index (χ3v) is 10.3. The van der Waals surface area contributed by atoms with Crippen molar-refractivity contribution in [3.8, 4) is 17.2 Å². The quantitative estimate of drug-likeness (QED) is 0.267. The number of methoxy groups -OCH3 is 1. The van der Waals surface area contributed by atoms with Crippen LogP contribution >= 0.6 is 23.1 Å². The van der Waals surface area contributed by atoms with Crippen LogP contribution in [0.2, 0.25) is 0 Å². The maximum atomic E-state index is 14.1. The van der Waals surface area contributed by atoms with E-state index in [4.69, 9.17) is 9.47 Å². The van der Waals surface area contributed by atoms with E-state index in [1.165, 1.54) is 15.5 Å². The van der Waals surface area contributed by atoms with Gasteiger partial charge in [0.15, 0.2) is 11.5 Å². The summed E-state index contributed by atoms with van der Waals surface area (Å²) >= 11 is 2.09. The molecule has 1 aromatic heterocycles. The number of amides is 3. The molecular formula is C32H29N3O7S2. The summed E-state index contributed by atoms with van der Waals surface area (Å²) in [6, 6.07) is 18.8. The second-order valence-corrected chi connectivity index (χ2v) is 12.6. The number of aromatic nitrogens is 1. The predicted molar refractivity (Wildman–Crippen MR) is 168 cm³/mol. The Morgan fingerprint density at radius 1 is 1.00 bits per heavy atom. The van der Waals surface area contributed by atoms with Gasteiger partial charge < -0.3 is 19.9 Å². The molecular weight excluding hydrogens is 603 g/mol. The standard InChI is InChI=1S/C32H29N3O7S2/c1-4-42-23-15-18(7-14-22(23)36)25-26-27(30(39)35(29(26)38)20-10-5-17(2)6-11-20)43-31-28(25)44-32(40)34(31)16-24(37)33-19-8-12-21(41-3)13-9-19/h5-15,25-27,36H,4,16H2,1-3H3,(H,33,37)/t25-,26?,27?/m0/s1. The fraction of sp³-hybridized carbons (Fsp3) is 0.250.